The minimum absolute atomic E-state index is 0.0669. The third kappa shape index (κ3) is 17.9. The predicted octanol–water partition coefficient (Wildman–Crippen LogP) is 0.758. The van der Waals surface area contributed by atoms with Gasteiger partial charge in [0.25, 0.3) is 21.9 Å². The maximum Gasteiger partial charge on any atom is 0.297 e. The summed E-state index contributed by atoms with van der Waals surface area (Å²) in [6, 6.07) is 6.46. The van der Waals surface area contributed by atoms with Gasteiger partial charge in [-0.15, -0.1) is 0 Å². The summed E-state index contributed by atoms with van der Waals surface area (Å²) < 4.78 is 72.3. The van der Waals surface area contributed by atoms with Gasteiger partial charge in [-0.2, -0.15) is 8.42 Å². The normalized spacial score (nSPS) is 13.4. The average molecular weight is 648 g/mol. The molecule has 0 fully saturated rings. The van der Waals surface area contributed by atoms with E-state index in [2.05, 4.69) is 0 Å². The molecule has 1 aliphatic heterocycles. The first-order chi connectivity index (χ1) is 21.4. The summed E-state index contributed by atoms with van der Waals surface area (Å²) in [4.78, 5) is 24.0. The number of hydrogen-bond acceptors (Lipinski definition) is 13. The van der Waals surface area contributed by atoms with Gasteiger partial charge in [0.15, 0.2) is 0 Å². The predicted molar refractivity (Wildman–Crippen MR) is 157 cm³/mol. The molecule has 15 heteroatoms. The fraction of sp³-hybridized carbons (Fsp3) is 0.655. The Labute approximate surface area is 259 Å². The fourth-order valence-corrected chi connectivity index (χ4v) is 4.32. The van der Waals surface area contributed by atoms with Gasteiger partial charge in [0.2, 0.25) is 0 Å². The SMILES string of the molecule is Cc1ccc(S(=O)(=O)OCCOCCOCCOCCOCCOCCOCCOCCOCCN2C(=O)C=CC2=O)cc1. The smallest absolute Gasteiger partial charge is 0.297 e. The van der Waals surface area contributed by atoms with Crippen LogP contribution in [0.15, 0.2) is 41.3 Å². The summed E-state index contributed by atoms with van der Waals surface area (Å²) in [6.45, 7) is 8.28. The Morgan fingerprint density at radius 3 is 1.18 bits per heavy atom. The van der Waals surface area contributed by atoms with Crippen molar-refractivity contribution in [1.29, 1.82) is 0 Å². The van der Waals surface area contributed by atoms with E-state index in [-0.39, 0.29) is 43.1 Å². The van der Waals surface area contributed by atoms with Gasteiger partial charge >= 0.3 is 0 Å². The fourth-order valence-electron chi connectivity index (χ4n) is 3.42. The number of rotatable bonds is 29. The largest absolute Gasteiger partial charge is 0.377 e. The Bertz CT molecular complexity index is 1030. The van der Waals surface area contributed by atoms with E-state index in [0.717, 1.165) is 10.5 Å². The number of nitrogens with zero attached hydrogens (tertiary/aromatic N) is 1. The maximum atomic E-state index is 12.1. The highest BCUT2D eigenvalue weighted by Gasteiger charge is 2.22. The van der Waals surface area contributed by atoms with Gasteiger partial charge in [-0.3, -0.25) is 18.7 Å². The van der Waals surface area contributed by atoms with Gasteiger partial charge in [0.1, 0.15) is 0 Å². The van der Waals surface area contributed by atoms with Crippen LogP contribution in [-0.4, -0.2) is 144 Å². The van der Waals surface area contributed by atoms with Crippen molar-refractivity contribution in [3.63, 3.8) is 0 Å². The van der Waals surface area contributed by atoms with Crippen molar-refractivity contribution in [3.8, 4) is 0 Å². The van der Waals surface area contributed by atoms with Gasteiger partial charge in [-0.1, -0.05) is 17.7 Å². The Morgan fingerprint density at radius 1 is 0.500 bits per heavy atom. The number of benzene rings is 1. The van der Waals surface area contributed by atoms with E-state index in [1.807, 2.05) is 6.92 Å². The molecule has 250 valence electrons. The van der Waals surface area contributed by atoms with Gasteiger partial charge in [-0.25, -0.2) is 0 Å². The van der Waals surface area contributed by atoms with Crippen molar-refractivity contribution in [3.05, 3.63) is 42.0 Å². The minimum Gasteiger partial charge on any atom is -0.377 e. The van der Waals surface area contributed by atoms with Gasteiger partial charge in [0, 0.05) is 12.2 Å². The maximum absolute atomic E-state index is 12.1. The van der Waals surface area contributed by atoms with Crippen LogP contribution >= 0.6 is 0 Å². The van der Waals surface area contributed by atoms with Crippen molar-refractivity contribution in [2.45, 2.75) is 11.8 Å². The van der Waals surface area contributed by atoms with Crippen molar-refractivity contribution in [2.75, 3.05) is 119 Å². The number of aryl methyl sites for hydroxylation is 1. The number of carbonyl (C=O) groups excluding carboxylic acids is 2. The molecule has 0 saturated heterocycles. The lowest BCUT2D eigenvalue weighted by Crippen LogP contribution is -2.33. The summed E-state index contributed by atoms with van der Waals surface area (Å²) in [6.07, 6.45) is 2.50. The van der Waals surface area contributed by atoms with E-state index >= 15 is 0 Å². The minimum atomic E-state index is -3.78. The molecule has 0 radical (unpaired) electrons. The van der Waals surface area contributed by atoms with Gasteiger partial charge in [-0.05, 0) is 19.1 Å². The lowest BCUT2D eigenvalue weighted by molar-refractivity contribution is -0.137. The Kier molecular flexibility index (Phi) is 20.7. The zero-order valence-electron chi connectivity index (χ0n) is 25.4. The van der Waals surface area contributed by atoms with Crippen molar-refractivity contribution in [1.82, 2.24) is 4.90 Å². The van der Waals surface area contributed by atoms with Crippen molar-refractivity contribution < 1.29 is 60.1 Å². The van der Waals surface area contributed by atoms with E-state index in [0.29, 0.717) is 92.5 Å². The first kappa shape index (κ1) is 37.9. The first-order valence-corrected chi connectivity index (χ1v) is 15.9. The van der Waals surface area contributed by atoms with Crippen LogP contribution in [0.25, 0.3) is 0 Å². The van der Waals surface area contributed by atoms with E-state index in [4.69, 9.17) is 42.1 Å². The molecule has 0 atom stereocenters. The van der Waals surface area contributed by atoms with E-state index < -0.39 is 10.1 Å². The van der Waals surface area contributed by atoms with E-state index in [1.165, 1.54) is 24.3 Å². The zero-order valence-corrected chi connectivity index (χ0v) is 26.2. The molecule has 0 aliphatic carbocycles. The number of ether oxygens (including phenoxy) is 8. The molecule has 2 amide bonds. The molecule has 14 nitrogen and oxygen atoms in total. The van der Waals surface area contributed by atoms with Crippen molar-refractivity contribution >= 4 is 21.9 Å². The Morgan fingerprint density at radius 2 is 0.818 bits per heavy atom. The molecule has 1 aliphatic rings. The highest BCUT2D eigenvalue weighted by atomic mass is 32.2. The number of carbonyl (C=O) groups is 2. The third-order valence-electron chi connectivity index (χ3n) is 5.74. The Balaban J connectivity index is 1.21. The second kappa shape index (κ2) is 24.0. The van der Waals surface area contributed by atoms with Crippen LogP contribution in [-0.2, 0) is 61.8 Å². The number of imide groups is 1. The van der Waals surface area contributed by atoms with Crippen LogP contribution in [0.4, 0.5) is 0 Å². The first-order valence-electron chi connectivity index (χ1n) is 14.5. The lowest BCUT2D eigenvalue weighted by atomic mass is 10.2. The monoisotopic (exact) mass is 647 g/mol. The molecule has 0 unspecified atom stereocenters. The zero-order chi connectivity index (χ0) is 31.7. The molecular formula is C29H45NO13S. The summed E-state index contributed by atoms with van der Waals surface area (Å²) in [5.74, 6) is -0.629. The van der Waals surface area contributed by atoms with Crippen molar-refractivity contribution in [2.24, 2.45) is 0 Å². The lowest BCUT2D eigenvalue weighted by Gasteiger charge is -2.13. The quantitative estimate of drug-likeness (QED) is 0.0683. The van der Waals surface area contributed by atoms with Crippen LogP contribution in [0, 0.1) is 6.92 Å². The second-order valence-corrected chi connectivity index (χ2v) is 10.8. The van der Waals surface area contributed by atoms with Crippen LogP contribution in [0.1, 0.15) is 5.56 Å². The molecule has 0 aromatic heterocycles. The molecule has 1 aromatic carbocycles. The number of amides is 2. The molecule has 0 saturated carbocycles. The van der Waals surface area contributed by atoms with Crippen LogP contribution in [0.5, 0.6) is 0 Å². The average Bonchev–Trinajstić information content (AvgIpc) is 3.33. The van der Waals surface area contributed by atoms with Crippen LogP contribution < -0.4 is 0 Å². The highest BCUT2D eigenvalue weighted by molar-refractivity contribution is 7.86. The molecule has 0 N–H and O–H groups in total. The molecule has 1 heterocycles. The molecule has 44 heavy (non-hydrogen) atoms. The Hall–Kier alpha value is -2.31. The second-order valence-electron chi connectivity index (χ2n) is 9.15. The summed E-state index contributed by atoms with van der Waals surface area (Å²) in [7, 11) is -3.78. The molecule has 2 rings (SSSR count). The van der Waals surface area contributed by atoms with Crippen LogP contribution in [0.2, 0.25) is 0 Å². The summed E-state index contributed by atoms with van der Waals surface area (Å²) >= 11 is 0. The van der Waals surface area contributed by atoms with Gasteiger partial charge < -0.3 is 37.9 Å². The number of hydrogen-bond donors (Lipinski definition) is 0. The topological polar surface area (TPSA) is 155 Å². The van der Waals surface area contributed by atoms with Gasteiger partial charge in [0.05, 0.1) is 124 Å². The molecule has 0 bridgehead atoms. The van der Waals surface area contributed by atoms with E-state index in [1.54, 1.807) is 12.1 Å². The molecule has 1 aromatic rings. The molecular weight excluding hydrogens is 602 g/mol. The highest BCUT2D eigenvalue weighted by Crippen LogP contribution is 2.13. The third-order valence-corrected chi connectivity index (χ3v) is 7.07. The summed E-state index contributed by atoms with van der Waals surface area (Å²) in [5.41, 5.74) is 0.970. The standard InChI is InChI=1S/C29H45NO13S/c1-26-2-4-27(5-3-26)44(33,34)43-25-24-42-23-22-41-21-20-40-19-18-39-17-16-38-15-14-37-13-12-36-11-10-35-9-8-30-28(31)6-7-29(30)32/h2-7H,8-25H2,1H3. The molecule has 0 spiro atoms. The summed E-state index contributed by atoms with van der Waals surface area (Å²) in [5, 5.41) is 0. The van der Waals surface area contributed by atoms with Crippen LogP contribution in [0.3, 0.4) is 0 Å². The van der Waals surface area contributed by atoms with E-state index in [9.17, 15) is 18.0 Å².